The van der Waals surface area contributed by atoms with E-state index in [-0.39, 0.29) is 11.9 Å². The molecule has 2 aliphatic heterocycles. The minimum absolute atomic E-state index is 0.0362. The molecule has 2 aliphatic rings. The second kappa shape index (κ2) is 10.8. The molecule has 3 aromatic rings. The predicted octanol–water partition coefficient (Wildman–Crippen LogP) is 4.09. The zero-order valence-corrected chi connectivity index (χ0v) is 20.4. The SMILES string of the molecule is O=C(c1ccccc1Nc1ccccc1)N1CC(O)C(N2CCN(Cc3ccc(Cl)cc3)CC2)C1. The monoisotopic (exact) mass is 490 g/mol. The van der Waals surface area contributed by atoms with Gasteiger partial charge in [0.2, 0.25) is 0 Å². The molecular formula is C28H31ClN4O2. The molecule has 7 heteroatoms. The molecule has 182 valence electrons. The largest absolute Gasteiger partial charge is 0.390 e. The van der Waals surface area contributed by atoms with Crippen molar-refractivity contribution in [3.63, 3.8) is 0 Å². The Morgan fingerprint density at radius 3 is 2.31 bits per heavy atom. The average molecular weight is 491 g/mol. The van der Waals surface area contributed by atoms with Gasteiger partial charge in [-0.1, -0.05) is 54.1 Å². The van der Waals surface area contributed by atoms with E-state index < -0.39 is 6.10 Å². The van der Waals surface area contributed by atoms with E-state index in [4.69, 9.17) is 11.6 Å². The number of halogens is 1. The maximum absolute atomic E-state index is 13.4. The molecule has 0 radical (unpaired) electrons. The van der Waals surface area contributed by atoms with Crippen molar-refractivity contribution in [1.82, 2.24) is 14.7 Å². The highest BCUT2D eigenvalue weighted by molar-refractivity contribution is 6.30. The normalized spacial score (nSPS) is 21.3. The molecule has 5 rings (SSSR count). The highest BCUT2D eigenvalue weighted by Gasteiger charge is 2.39. The fraction of sp³-hybridized carbons (Fsp3) is 0.321. The van der Waals surface area contributed by atoms with Gasteiger partial charge in [-0.3, -0.25) is 14.6 Å². The molecule has 2 N–H and O–H groups in total. The fourth-order valence-electron chi connectivity index (χ4n) is 5.02. The first-order chi connectivity index (χ1) is 17.1. The van der Waals surface area contributed by atoms with Crippen molar-refractivity contribution in [2.75, 3.05) is 44.6 Å². The quantitative estimate of drug-likeness (QED) is 0.545. The first-order valence-corrected chi connectivity index (χ1v) is 12.5. The molecule has 3 aromatic carbocycles. The van der Waals surface area contributed by atoms with E-state index in [9.17, 15) is 9.90 Å². The number of aliphatic hydroxyl groups is 1. The van der Waals surface area contributed by atoms with Crippen LogP contribution in [0, 0.1) is 0 Å². The number of anilines is 2. The van der Waals surface area contributed by atoms with Gasteiger partial charge in [-0.25, -0.2) is 0 Å². The number of carbonyl (C=O) groups excluding carboxylic acids is 1. The Morgan fingerprint density at radius 1 is 0.886 bits per heavy atom. The highest BCUT2D eigenvalue weighted by Crippen LogP contribution is 2.26. The maximum atomic E-state index is 13.4. The van der Waals surface area contributed by atoms with Gasteiger partial charge in [0.1, 0.15) is 0 Å². The number of likely N-dealkylation sites (tertiary alicyclic amines) is 1. The lowest BCUT2D eigenvalue weighted by Gasteiger charge is -2.38. The van der Waals surface area contributed by atoms with Crippen LogP contribution in [-0.4, -0.2) is 77.1 Å². The summed E-state index contributed by atoms with van der Waals surface area (Å²) < 4.78 is 0. The average Bonchev–Trinajstić information content (AvgIpc) is 3.28. The van der Waals surface area contributed by atoms with Gasteiger partial charge in [-0.2, -0.15) is 0 Å². The summed E-state index contributed by atoms with van der Waals surface area (Å²) in [5.74, 6) is -0.0491. The summed E-state index contributed by atoms with van der Waals surface area (Å²) in [4.78, 5) is 20.0. The van der Waals surface area contributed by atoms with Crippen LogP contribution >= 0.6 is 11.6 Å². The summed E-state index contributed by atoms with van der Waals surface area (Å²) in [5, 5.41) is 15.0. The molecule has 0 bridgehead atoms. The van der Waals surface area contributed by atoms with Crippen LogP contribution in [0.3, 0.4) is 0 Å². The third kappa shape index (κ3) is 5.68. The van der Waals surface area contributed by atoms with E-state index in [0.29, 0.717) is 18.7 Å². The number of aliphatic hydroxyl groups excluding tert-OH is 1. The molecule has 6 nitrogen and oxygen atoms in total. The van der Waals surface area contributed by atoms with Crippen LogP contribution in [0.1, 0.15) is 15.9 Å². The molecular weight excluding hydrogens is 460 g/mol. The number of benzene rings is 3. The number of nitrogens with zero attached hydrogens (tertiary/aromatic N) is 3. The number of piperazine rings is 1. The lowest BCUT2D eigenvalue weighted by Crippen LogP contribution is -2.53. The summed E-state index contributed by atoms with van der Waals surface area (Å²) in [5.41, 5.74) is 3.58. The van der Waals surface area contributed by atoms with E-state index in [1.54, 1.807) is 4.90 Å². The molecule has 2 heterocycles. The van der Waals surface area contributed by atoms with Crippen LogP contribution in [0.15, 0.2) is 78.9 Å². The summed E-state index contributed by atoms with van der Waals surface area (Å²) in [7, 11) is 0. The summed E-state index contributed by atoms with van der Waals surface area (Å²) in [6, 6.07) is 25.4. The molecule has 0 aliphatic carbocycles. The molecule has 2 unspecified atom stereocenters. The lowest BCUT2D eigenvalue weighted by atomic mass is 10.1. The van der Waals surface area contributed by atoms with Crippen molar-refractivity contribution < 1.29 is 9.90 Å². The van der Waals surface area contributed by atoms with Gasteiger partial charge in [0.15, 0.2) is 0 Å². The van der Waals surface area contributed by atoms with Gasteiger partial charge >= 0.3 is 0 Å². The maximum Gasteiger partial charge on any atom is 0.256 e. The highest BCUT2D eigenvalue weighted by atomic mass is 35.5. The molecule has 35 heavy (non-hydrogen) atoms. The van der Waals surface area contributed by atoms with E-state index in [1.807, 2.05) is 66.7 Å². The van der Waals surface area contributed by atoms with Crippen molar-refractivity contribution in [2.45, 2.75) is 18.7 Å². The number of hydrogen-bond acceptors (Lipinski definition) is 5. The molecule has 0 saturated carbocycles. The molecule has 1 amide bonds. The minimum atomic E-state index is -0.545. The van der Waals surface area contributed by atoms with Crippen molar-refractivity contribution in [1.29, 1.82) is 0 Å². The second-order valence-electron chi connectivity index (χ2n) is 9.32. The Balaban J connectivity index is 1.19. The number of rotatable bonds is 6. The van der Waals surface area contributed by atoms with Gasteiger partial charge in [0.05, 0.1) is 23.4 Å². The van der Waals surface area contributed by atoms with Crippen molar-refractivity contribution in [3.8, 4) is 0 Å². The molecule has 0 aromatic heterocycles. The topological polar surface area (TPSA) is 59.1 Å². The van der Waals surface area contributed by atoms with Gasteiger partial charge in [0, 0.05) is 56.5 Å². The number of hydrogen-bond donors (Lipinski definition) is 2. The van der Waals surface area contributed by atoms with E-state index >= 15 is 0 Å². The first kappa shape index (κ1) is 23.8. The summed E-state index contributed by atoms with van der Waals surface area (Å²) >= 11 is 6.00. The van der Waals surface area contributed by atoms with Crippen LogP contribution in [0.25, 0.3) is 0 Å². The molecule has 0 spiro atoms. The van der Waals surface area contributed by atoms with E-state index in [2.05, 4.69) is 27.2 Å². The lowest BCUT2D eigenvalue weighted by molar-refractivity contribution is 0.0423. The Bertz CT molecular complexity index is 1130. The van der Waals surface area contributed by atoms with Crippen molar-refractivity contribution in [3.05, 3.63) is 95.0 Å². The number of β-amino-alcohol motifs (C(OH)–C–C–N with tert-alkyl or cyclic N) is 1. The Hall–Kier alpha value is -2.90. The van der Waals surface area contributed by atoms with Crippen LogP contribution in [0.5, 0.6) is 0 Å². The smallest absolute Gasteiger partial charge is 0.256 e. The van der Waals surface area contributed by atoms with E-state index in [1.165, 1.54) is 5.56 Å². The molecule has 2 atom stereocenters. The Morgan fingerprint density at radius 2 is 1.57 bits per heavy atom. The number of amides is 1. The van der Waals surface area contributed by atoms with Crippen LogP contribution < -0.4 is 5.32 Å². The first-order valence-electron chi connectivity index (χ1n) is 12.2. The van der Waals surface area contributed by atoms with Gasteiger partial charge in [-0.15, -0.1) is 0 Å². The molecule has 2 saturated heterocycles. The van der Waals surface area contributed by atoms with E-state index in [0.717, 1.165) is 49.1 Å². The third-order valence-electron chi connectivity index (χ3n) is 6.95. The number of para-hydroxylation sites is 2. The number of carbonyl (C=O) groups is 1. The Labute approximate surface area is 211 Å². The minimum Gasteiger partial charge on any atom is -0.390 e. The van der Waals surface area contributed by atoms with Gasteiger partial charge in [0.25, 0.3) is 5.91 Å². The standard InChI is InChI=1S/C28H31ClN4O2/c29-22-12-10-21(11-13-22)18-31-14-16-32(17-15-31)26-19-33(20-27(26)34)28(35)24-8-4-5-9-25(24)30-23-6-2-1-3-7-23/h1-13,26-27,30,34H,14-20H2. The zero-order valence-electron chi connectivity index (χ0n) is 19.7. The predicted molar refractivity (Wildman–Crippen MR) is 140 cm³/mol. The molecule has 2 fully saturated rings. The number of nitrogens with one attached hydrogen (secondary N) is 1. The zero-order chi connectivity index (χ0) is 24.2. The van der Waals surface area contributed by atoms with Crippen molar-refractivity contribution >= 4 is 28.9 Å². The van der Waals surface area contributed by atoms with Crippen molar-refractivity contribution in [2.24, 2.45) is 0 Å². The van der Waals surface area contributed by atoms with Crippen LogP contribution in [0.4, 0.5) is 11.4 Å². The summed E-state index contributed by atoms with van der Waals surface area (Å²) in [6.45, 7) is 5.42. The second-order valence-corrected chi connectivity index (χ2v) is 9.76. The fourth-order valence-corrected chi connectivity index (χ4v) is 5.15. The van der Waals surface area contributed by atoms with Gasteiger partial charge < -0.3 is 15.3 Å². The third-order valence-corrected chi connectivity index (χ3v) is 7.20. The summed E-state index contributed by atoms with van der Waals surface area (Å²) in [6.07, 6.45) is -0.545. The Kier molecular flexibility index (Phi) is 7.35. The van der Waals surface area contributed by atoms with Crippen LogP contribution in [-0.2, 0) is 6.54 Å². The van der Waals surface area contributed by atoms with Crippen LogP contribution in [0.2, 0.25) is 5.02 Å². The van der Waals surface area contributed by atoms with Gasteiger partial charge in [-0.05, 0) is 42.0 Å².